The Bertz CT molecular complexity index is 1090. The number of nitrogens with zero attached hydrogens (tertiary/aromatic N) is 3. The average molecular weight is 484 g/mol. The average Bonchev–Trinajstić information content (AvgIpc) is 2.82. The van der Waals surface area contributed by atoms with Crippen molar-refractivity contribution >= 4 is 33.6 Å². The van der Waals surface area contributed by atoms with E-state index in [1.807, 2.05) is 0 Å². The van der Waals surface area contributed by atoms with Gasteiger partial charge in [0, 0.05) is 11.0 Å². The summed E-state index contributed by atoms with van der Waals surface area (Å²) in [6.45, 7) is 2.87. The number of nitriles is 1. The van der Waals surface area contributed by atoms with E-state index in [1.165, 1.54) is 43.0 Å². The molecule has 0 spiro atoms. The van der Waals surface area contributed by atoms with Crippen LogP contribution in [0.5, 0.6) is 0 Å². The smallest absolute Gasteiger partial charge is 0.305 e. The third kappa shape index (κ3) is 3.65. The van der Waals surface area contributed by atoms with Crippen molar-refractivity contribution in [3.8, 4) is 6.07 Å². The van der Waals surface area contributed by atoms with E-state index in [0.717, 1.165) is 12.1 Å². The molecule has 1 aliphatic rings. The van der Waals surface area contributed by atoms with Crippen molar-refractivity contribution in [1.29, 1.82) is 5.26 Å². The second-order valence-corrected chi connectivity index (χ2v) is 8.00. The minimum atomic E-state index is -4.83. The molecule has 1 fully saturated rings. The molecule has 0 aromatic heterocycles. The Balaban J connectivity index is 2.03. The summed E-state index contributed by atoms with van der Waals surface area (Å²) >= 11 is 3.20. The SMILES string of the molecule is CC1(C)C(=O)N(c2ccc(C#N)c(C(F)(F)F)c2)C(=O)N1Cc1ccc(F)cc1Br. The lowest BCUT2D eigenvalue weighted by Gasteiger charge is -2.28. The zero-order chi connectivity index (χ0) is 22.4. The molecule has 1 saturated heterocycles. The maximum absolute atomic E-state index is 13.3. The molecular weight excluding hydrogens is 470 g/mol. The van der Waals surface area contributed by atoms with Crippen molar-refractivity contribution in [3.05, 3.63) is 63.4 Å². The standard InChI is InChI=1S/C20H14BrF4N3O2/c1-19(2)17(29)28(14-6-4-11(9-26)15(8-14)20(23,24)25)18(30)27(19)10-12-3-5-13(22)7-16(12)21/h3-8H,10H2,1-2H3. The molecule has 10 heteroatoms. The summed E-state index contributed by atoms with van der Waals surface area (Å²) in [5.74, 6) is -1.21. The van der Waals surface area contributed by atoms with Gasteiger partial charge in [-0.1, -0.05) is 22.0 Å². The van der Waals surface area contributed by atoms with E-state index >= 15 is 0 Å². The van der Waals surface area contributed by atoms with Gasteiger partial charge in [-0.25, -0.2) is 14.1 Å². The molecular formula is C20H14BrF4N3O2. The van der Waals surface area contributed by atoms with Crippen molar-refractivity contribution in [1.82, 2.24) is 4.90 Å². The lowest BCUT2D eigenvalue weighted by molar-refractivity contribution is -0.137. The minimum Gasteiger partial charge on any atom is -0.305 e. The fraction of sp³-hybridized carbons (Fsp3) is 0.250. The van der Waals surface area contributed by atoms with Gasteiger partial charge in [0.25, 0.3) is 5.91 Å². The fourth-order valence-electron chi connectivity index (χ4n) is 3.15. The highest BCUT2D eigenvalue weighted by Gasteiger charge is 2.52. The molecule has 1 heterocycles. The van der Waals surface area contributed by atoms with Gasteiger partial charge in [-0.05, 0) is 49.7 Å². The van der Waals surface area contributed by atoms with Crippen molar-refractivity contribution in [2.45, 2.75) is 32.1 Å². The number of hydrogen-bond acceptors (Lipinski definition) is 3. The quantitative estimate of drug-likeness (QED) is 0.443. The number of urea groups is 1. The molecule has 0 aliphatic carbocycles. The monoisotopic (exact) mass is 483 g/mol. The normalized spacial score (nSPS) is 16.2. The predicted octanol–water partition coefficient (Wildman–Crippen LogP) is 5.23. The summed E-state index contributed by atoms with van der Waals surface area (Å²) in [5.41, 5.74) is -2.98. The van der Waals surface area contributed by atoms with E-state index in [4.69, 9.17) is 5.26 Å². The van der Waals surface area contributed by atoms with Crippen LogP contribution in [0.1, 0.15) is 30.5 Å². The van der Waals surface area contributed by atoms with Crippen LogP contribution < -0.4 is 4.90 Å². The predicted molar refractivity (Wildman–Crippen MR) is 103 cm³/mol. The molecule has 1 aliphatic heterocycles. The van der Waals surface area contributed by atoms with Gasteiger partial charge in [0.2, 0.25) is 0 Å². The van der Waals surface area contributed by atoms with Crippen molar-refractivity contribution in [3.63, 3.8) is 0 Å². The number of imide groups is 1. The summed E-state index contributed by atoms with van der Waals surface area (Å²) in [6.07, 6.45) is -4.83. The van der Waals surface area contributed by atoms with Gasteiger partial charge < -0.3 is 4.90 Å². The molecule has 3 rings (SSSR count). The summed E-state index contributed by atoms with van der Waals surface area (Å²) in [6, 6.07) is 7.14. The second kappa shape index (κ2) is 7.40. The van der Waals surface area contributed by atoms with Crippen LogP contribution in [0.15, 0.2) is 40.9 Å². The van der Waals surface area contributed by atoms with E-state index in [-0.39, 0.29) is 12.2 Å². The third-order valence-electron chi connectivity index (χ3n) is 4.85. The number of amides is 3. The third-order valence-corrected chi connectivity index (χ3v) is 5.59. The number of benzene rings is 2. The number of rotatable bonds is 3. The summed E-state index contributed by atoms with van der Waals surface area (Å²) in [4.78, 5) is 27.8. The van der Waals surface area contributed by atoms with Crippen LogP contribution in [0.3, 0.4) is 0 Å². The second-order valence-electron chi connectivity index (χ2n) is 7.14. The molecule has 0 radical (unpaired) electrons. The van der Waals surface area contributed by atoms with Crippen LogP contribution in [0.25, 0.3) is 0 Å². The van der Waals surface area contributed by atoms with E-state index in [1.54, 1.807) is 0 Å². The van der Waals surface area contributed by atoms with Gasteiger partial charge >= 0.3 is 12.2 Å². The topological polar surface area (TPSA) is 64.4 Å². The molecule has 2 aromatic carbocycles. The molecule has 0 N–H and O–H groups in total. The maximum atomic E-state index is 13.3. The maximum Gasteiger partial charge on any atom is 0.417 e. The molecule has 0 atom stereocenters. The molecule has 2 aromatic rings. The first kappa shape index (κ1) is 21.8. The Labute approximate surface area is 177 Å². The molecule has 30 heavy (non-hydrogen) atoms. The van der Waals surface area contributed by atoms with Gasteiger partial charge in [0.1, 0.15) is 11.4 Å². The number of carbonyl (C=O) groups excluding carboxylic acids is 2. The van der Waals surface area contributed by atoms with E-state index < -0.39 is 40.6 Å². The zero-order valence-electron chi connectivity index (χ0n) is 15.7. The first-order chi connectivity index (χ1) is 13.9. The van der Waals surface area contributed by atoms with Crippen LogP contribution in [-0.2, 0) is 17.5 Å². The highest BCUT2D eigenvalue weighted by atomic mass is 79.9. The van der Waals surface area contributed by atoms with Crippen LogP contribution in [0, 0.1) is 17.1 Å². The Kier molecular flexibility index (Phi) is 5.37. The van der Waals surface area contributed by atoms with Crippen LogP contribution in [0.2, 0.25) is 0 Å². The fourth-order valence-corrected chi connectivity index (χ4v) is 3.63. The Morgan fingerprint density at radius 1 is 1.13 bits per heavy atom. The van der Waals surface area contributed by atoms with Gasteiger partial charge in [-0.3, -0.25) is 4.79 Å². The number of halogens is 5. The van der Waals surface area contributed by atoms with Crippen LogP contribution in [-0.4, -0.2) is 22.4 Å². The zero-order valence-corrected chi connectivity index (χ0v) is 17.3. The molecule has 5 nitrogen and oxygen atoms in total. The lowest BCUT2D eigenvalue weighted by atomic mass is 10.0. The Morgan fingerprint density at radius 3 is 2.37 bits per heavy atom. The van der Waals surface area contributed by atoms with Gasteiger partial charge in [-0.2, -0.15) is 18.4 Å². The van der Waals surface area contributed by atoms with Crippen molar-refractivity contribution < 1.29 is 27.2 Å². The molecule has 3 amide bonds. The molecule has 0 saturated carbocycles. The minimum absolute atomic E-state index is 0.0721. The van der Waals surface area contributed by atoms with Gasteiger partial charge in [-0.15, -0.1) is 0 Å². The van der Waals surface area contributed by atoms with E-state index in [9.17, 15) is 27.2 Å². The van der Waals surface area contributed by atoms with E-state index in [0.29, 0.717) is 21.0 Å². The number of carbonyl (C=O) groups is 2. The van der Waals surface area contributed by atoms with Crippen molar-refractivity contribution in [2.75, 3.05) is 4.90 Å². The number of hydrogen-bond donors (Lipinski definition) is 0. The van der Waals surface area contributed by atoms with E-state index in [2.05, 4.69) is 15.9 Å². The molecule has 156 valence electrons. The lowest BCUT2D eigenvalue weighted by Crippen LogP contribution is -2.43. The van der Waals surface area contributed by atoms with Gasteiger partial charge in [0.15, 0.2) is 0 Å². The number of alkyl halides is 3. The highest BCUT2D eigenvalue weighted by molar-refractivity contribution is 9.10. The largest absolute Gasteiger partial charge is 0.417 e. The summed E-state index contributed by atoms with van der Waals surface area (Å²) < 4.78 is 53.6. The van der Waals surface area contributed by atoms with Gasteiger partial charge in [0.05, 0.1) is 22.9 Å². The molecule has 0 bridgehead atoms. The first-order valence-corrected chi connectivity index (χ1v) is 9.38. The number of anilines is 1. The molecule has 0 unspecified atom stereocenters. The summed E-state index contributed by atoms with van der Waals surface area (Å²) in [7, 11) is 0. The summed E-state index contributed by atoms with van der Waals surface area (Å²) in [5, 5.41) is 8.94. The first-order valence-electron chi connectivity index (χ1n) is 8.59. The van der Waals surface area contributed by atoms with Crippen LogP contribution >= 0.6 is 15.9 Å². The highest BCUT2D eigenvalue weighted by Crippen LogP contribution is 2.38. The van der Waals surface area contributed by atoms with Crippen LogP contribution in [0.4, 0.5) is 28.0 Å². The Hall–Kier alpha value is -2.93. The van der Waals surface area contributed by atoms with Crippen molar-refractivity contribution in [2.24, 2.45) is 0 Å². The Morgan fingerprint density at radius 2 is 1.80 bits per heavy atom.